The van der Waals surface area contributed by atoms with E-state index >= 15 is 0 Å². The zero-order valence-corrected chi connectivity index (χ0v) is 17.4. The number of piperidine rings is 1. The van der Waals surface area contributed by atoms with Gasteiger partial charge in [-0.2, -0.15) is 13.2 Å². The number of alkyl halides is 3. The number of likely N-dealkylation sites (tertiary alicyclic amines) is 1. The third-order valence-electron chi connectivity index (χ3n) is 5.20. The van der Waals surface area contributed by atoms with Gasteiger partial charge >= 0.3 is 12.1 Å². The molecule has 1 atom stereocenters. The highest BCUT2D eigenvalue weighted by atomic mass is 19.4. The van der Waals surface area contributed by atoms with Crippen molar-refractivity contribution in [2.75, 3.05) is 26.2 Å². The maximum atomic E-state index is 13.6. The van der Waals surface area contributed by atoms with E-state index in [0.717, 1.165) is 36.9 Å². The summed E-state index contributed by atoms with van der Waals surface area (Å²) in [6.07, 6.45) is 0.329. The van der Waals surface area contributed by atoms with Crippen molar-refractivity contribution in [1.82, 2.24) is 9.47 Å². The van der Waals surface area contributed by atoms with Crippen molar-refractivity contribution in [3.8, 4) is 0 Å². The van der Waals surface area contributed by atoms with Crippen LogP contribution in [0.4, 0.5) is 13.2 Å². The Kier molecular flexibility index (Phi) is 8.31. The summed E-state index contributed by atoms with van der Waals surface area (Å²) in [5, 5.41) is 0. The third-order valence-corrected chi connectivity index (χ3v) is 5.20. The number of carbonyl (C=O) groups is 1. The fourth-order valence-corrected chi connectivity index (χ4v) is 3.77. The lowest BCUT2D eigenvalue weighted by atomic mass is 10.0. The van der Waals surface area contributed by atoms with Crippen LogP contribution in [0.25, 0.3) is 0 Å². The molecule has 1 aliphatic rings. The van der Waals surface area contributed by atoms with Crippen molar-refractivity contribution in [2.45, 2.75) is 65.1 Å². The van der Waals surface area contributed by atoms with Crippen molar-refractivity contribution in [3.05, 3.63) is 33.7 Å². The number of esters is 1. The van der Waals surface area contributed by atoms with Crippen molar-refractivity contribution in [2.24, 2.45) is 5.92 Å². The van der Waals surface area contributed by atoms with E-state index in [9.17, 15) is 22.8 Å². The highest BCUT2D eigenvalue weighted by Crippen LogP contribution is 2.32. The van der Waals surface area contributed by atoms with Crippen LogP contribution in [0.15, 0.2) is 17.1 Å². The molecule has 2 heterocycles. The lowest BCUT2D eigenvalue weighted by Crippen LogP contribution is -2.35. The number of carbonyl (C=O) groups excluding carboxylic acids is 1. The Bertz CT molecular complexity index is 738. The molecule has 0 radical (unpaired) electrons. The number of hydrogen-bond donors (Lipinski definition) is 0. The van der Waals surface area contributed by atoms with Crippen LogP contribution in [-0.2, 0) is 22.1 Å². The maximum Gasteiger partial charge on any atom is 0.416 e. The van der Waals surface area contributed by atoms with E-state index in [1.165, 1.54) is 6.20 Å². The van der Waals surface area contributed by atoms with Crippen LogP contribution in [0.2, 0.25) is 0 Å². The highest BCUT2D eigenvalue weighted by Gasteiger charge is 2.35. The van der Waals surface area contributed by atoms with Gasteiger partial charge in [-0.3, -0.25) is 4.79 Å². The van der Waals surface area contributed by atoms with Crippen LogP contribution >= 0.6 is 0 Å². The number of rotatable bonds is 8. The van der Waals surface area contributed by atoms with E-state index in [0.29, 0.717) is 19.0 Å². The third kappa shape index (κ3) is 6.59. The number of pyridine rings is 1. The van der Waals surface area contributed by atoms with Gasteiger partial charge < -0.3 is 14.2 Å². The Morgan fingerprint density at radius 2 is 1.86 bits per heavy atom. The number of halogens is 3. The molecule has 1 saturated heterocycles. The minimum atomic E-state index is -4.62. The van der Waals surface area contributed by atoms with E-state index in [1.807, 2.05) is 13.8 Å². The topological polar surface area (TPSA) is 51.5 Å². The molecule has 5 nitrogen and oxygen atoms in total. The fraction of sp³-hybridized carbons (Fsp3) is 0.714. The summed E-state index contributed by atoms with van der Waals surface area (Å²) < 4.78 is 46.9. The first kappa shape index (κ1) is 23.4. The van der Waals surface area contributed by atoms with Gasteiger partial charge in [-0.1, -0.05) is 20.3 Å². The SMILES string of the molecule is CCOC(=O)C(CC(C)C)n1cc(CCN2CCCCC2)c(C(F)(F)F)cc1=O. The van der Waals surface area contributed by atoms with Gasteiger partial charge in [-0.05, 0) is 57.2 Å². The summed E-state index contributed by atoms with van der Waals surface area (Å²) in [5.41, 5.74) is -1.71. The molecule has 29 heavy (non-hydrogen) atoms. The van der Waals surface area contributed by atoms with Crippen LogP contribution < -0.4 is 5.56 Å². The van der Waals surface area contributed by atoms with Gasteiger partial charge in [0.1, 0.15) is 6.04 Å². The van der Waals surface area contributed by atoms with E-state index < -0.39 is 29.3 Å². The molecular formula is C21H31F3N2O3. The standard InChI is InChI=1S/C21H31F3N2O3/c1-4-29-20(28)18(12-15(2)3)26-14-16(8-11-25-9-6-5-7-10-25)17(13-19(26)27)21(22,23)24/h13-15,18H,4-12H2,1-3H3. The van der Waals surface area contributed by atoms with Gasteiger partial charge in [-0.25, -0.2) is 4.79 Å². The lowest BCUT2D eigenvalue weighted by molar-refractivity contribution is -0.147. The molecule has 1 unspecified atom stereocenters. The first-order valence-corrected chi connectivity index (χ1v) is 10.3. The molecule has 1 fully saturated rings. The maximum absolute atomic E-state index is 13.6. The van der Waals surface area contributed by atoms with E-state index in [2.05, 4.69) is 4.90 Å². The van der Waals surface area contributed by atoms with Gasteiger partial charge in [0, 0.05) is 18.8 Å². The minimum absolute atomic E-state index is 0.0423. The predicted molar refractivity (Wildman–Crippen MR) is 105 cm³/mol. The zero-order chi connectivity index (χ0) is 21.6. The summed E-state index contributed by atoms with van der Waals surface area (Å²) >= 11 is 0. The molecule has 0 spiro atoms. The van der Waals surface area contributed by atoms with Crippen molar-refractivity contribution in [3.63, 3.8) is 0 Å². The molecule has 164 valence electrons. The van der Waals surface area contributed by atoms with Gasteiger partial charge in [-0.15, -0.1) is 0 Å². The number of nitrogens with zero attached hydrogens (tertiary/aromatic N) is 2. The Morgan fingerprint density at radius 1 is 1.21 bits per heavy atom. The predicted octanol–water partition coefficient (Wildman–Crippen LogP) is 4.05. The number of aromatic nitrogens is 1. The van der Waals surface area contributed by atoms with Gasteiger partial charge in [0.05, 0.1) is 12.2 Å². The summed E-state index contributed by atoms with van der Waals surface area (Å²) in [4.78, 5) is 27.1. The smallest absolute Gasteiger partial charge is 0.416 e. The zero-order valence-electron chi connectivity index (χ0n) is 17.4. The van der Waals surface area contributed by atoms with Crippen molar-refractivity contribution in [1.29, 1.82) is 0 Å². The Hall–Kier alpha value is -1.83. The first-order chi connectivity index (χ1) is 13.6. The molecule has 2 rings (SSSR count). The Morgan fingerprint density at radius 3 is 2.41 bits per heavy atom. The highest BCUT2D eigenvalue weighted by molar-refractivity contribution is 5.74. The monoisotopic (exact) mass is 416 g/mol. The largest absolute Gasteiger partial charge is 0.464 e. The number of ether oxygens (including phenoxy) is 1. The molecule has 0 aliphatic carbocycles. The van der Waals surface area contributed by atoms with E-state index in [-0.39, 0.29) is 24.5 Å². The summed E-state index contributed by atoms with van der Waals surface area (Å²) in [5.74, 6) is -0.527. The molecule has 0 aromatic carbocycles. The molecule has 0 amide bonds. The Labute approximate surface area is 169 Å². The van der Waals surface area contributed by atoms with Gasteiger partial charge in [0.25, 0.3) is 5.56 Å². The van der Waals surface area contributed by atoms with Gasteiger partial charge in [0.15, 0.2) is 0 Å². The molecule has 8 heteroatoms. The van der Waals surface area contributed by atoms with E-state index in [4.69, 9.17) is 4.74 Å². The van der Waals surface area contributed by atoms with Crippen LogP contribution in [0, 0.1) is 5.92 Å². The summed E-state index contributed by atoms with van der Waals surface area (Å²) in [7, 11) is 0. The fourth-order valence-electron chi connectivity index (χ4n) is 3.77. The van der Waals surface area contributed by atoms with Crippen LogP contribution in [0.5, 0.6) is 0 Å². The first-order valence-electron chi connectivity index (χ1n) is 10.3. The van der Waals surface area contributed by atoms with Crippen molar-refractivity contribution < 1.29 is 22.7 Å². The summed E-state index contributed by atoms with van der Waals surface area (Å²) in [6, 6.07) is -0.309. The second-order valence-electron chi connectivity index (χ2n) is 8.01. The van der Waals surface area contributed by atoms with E-state index in [1.54, 1.807) is 6.92 Å². The molecule has 0 saturated carbocycles. The molecular weight excluding hydrogens is 385 g/mol. The number of hydrogen-bond acceptors (Lipinski definition) is 4. The van der Waals surface area contributed by atoms with Crippen molar-refractivity contribution >= 4 is 5.97 Å². The normalized spacial score (nSPS) is 16.8. The van der Waals surface area contributed by atoms with Crippen LogP contribution in [-0.4, -0.2) is 41.7 Å². The average Bonchev–Trinajstić information content (AvgIpc) is 2.65. The average molecular weight is 416 g/mol. The molecule has 1 aromatic heterocycles. The van der Waals surface area contributed by atoms with Crippen LogP contribution in [0.1, 0.15) is 63.6 Å². The molecule has 0 N–H and O–H groups in total. The Balaban J connectivity index is 2.40. The summed E-state index contributed by atoms with van der Waals surface area (Å²) in [6.45, 7) is 7.82. The van der Waals surface area contributed by atoms with Crippen LogP contribution in [0.3, 0.4) is 0 Å². The quantitative estimate of drug-likeness (QED) is 0.600. The minimum Gasteiger partial charge on any atom is -0.464 e. The van der Waals surface area contributed by atoms with Gasteiger partial charge in [0.2, 0.25) is 0 Å². The molecule has 0 bridgehead atoms. The molecule has 1 aromatic rings. The second kappa shape index (κ2) is 10.3. The molecule has 1 aliphatic heterocycles. The lowest BCUT2D eigenvalue weighted by Gasteiger charge is -2.27. The second-order valence-corrected chi connectivity index (χ2v) is 8.01.